The smallest absolute Gasteiger partial charge is 0.107 e. The van der Waals surface area contributed by atoms with Crippen LogP contribution in [0.5, 0.6) is 0 Å². The maximum atomic E-state index is 9.10. The number of piperidine rings is 1. The molecular weight excluding hydrogens is 266 g/mol. The molecule has 1 saturated heterocycles. The minimum absolute atomic E-state index is 0.216. The lowest BCUT2D eigenvalue weighted by Crippen LogP contribution is -2.36. The van der Waals surface area contributed by atoms with Gasteiger partial charge in [0, 0.05) is 32.3 Å². The van der Waals surface area contributed by atoms with Crippen molar-refractivity contribution < 1.29 is 5.11 Å². The highest BCUT2D eigenvalue weighted by atomic mass is 16.3. The SMILES string of the molecule is Cn1cncc1-c1cncc(C2CCCN(CCO)C2)n1. The van der Waals surface area contributed by atoms with E-state index in [9.17, 15) is 0 Å². The van der Waals surface area contributed by atoms with Crippen LogP contribution in [0, 0.1) is 0 Å². The van der Waals surface area contributed by atoms with Crippen LogP contribution in [0.3, 0.4) is 0 Å². The molecule has 112 valence electrons. The average molecular weight is 287 g/mol. The Morgan fingerprint density at radius 1 is 1.29 bits per heavy atom. The Kier molecular flexibility index (Phi) is 4.26. The Bertz CT molecular complexity index is 595. The Morgan fingerprint density at radius 3 is 2.95 bits per heavy atom. The van der Waals surface area contributed by atoms with E-state index in [1.807, 2.05) is 24.0 Å². The van der Waals surface area contributed by atoms with Crippen molar-refractivity contribution in [1.82, 2.24) is 24.4 Å². The lowest BCUT2D eigenvalue weighted by atomic mass is 9.95. The van der Waals surface area contributed by atoms with Crippen LogP contribution in [0.2, 0.25) is 0 Å². The van der Waals surface area contributed by atoms with Crippen LogP contribution >= 0.6 is 0 Å². The lowest BCUT2D eigenvalue weighted by Gasteiger charge is -2.31. The van der Waals surface area contributed by atoms with Crippen LogP contribution in [-0.2, 0) is 7.05 Å². The van der Waals surface area contributed by atoms with Crippen LogP contribution in [0.15, 0.2) is 24.9 Å². The van der Waals surface area contributed by atoms with Gasteiger partial charge < -0.3 is 14.6 Å². The van der Waals surface area contributed by atoms with Crippen LogP contribution < -0.4 is 0 Å². The molecule has 2 aromatic rings. The van der Waals surface area contributed by atoms with E-state index in [0.717, 1.165) is 49.6 Å². The highest BCUT2D eigenvalue weighted by molar-refractivity contribution is 5.52. The van der Waals surface area contributed by atoms with Gasteiger partial charge in [-0.1, -0.05) is 0 Å². The van der Waals surface area contributed by atoms with Gasteiger partial charge in [0.2, 0.25) is 0 Å². The molecule has 1 atom stereocenters. The Balaban J connectivity index is 1.81. The Morgan fingerprint density at radius 2 is 2.19 bits per heavy atom. The molecule has 0 radical (unpaired) electrons. The van der Waals surface area contributed by atoms with Gasteiger partial charge in [0.1, 0.15) is 5.69 Å². The van der Waals surface area contributed by atoms with Gasteiger partial charge in [-0.2, -0.15) is 0 Å². The number of hydrogen-bond donors (Lipinski definition) is 1. The van der Waals surface area contributed by atoms with Crippen molar-refractivity contribution in [3.63, 3.8) is 0 Å². The predicted molar refractivity (Wildman–Crippen MR) is 79.7 cm³/mol. The summed E-state index contributed by atoms with van der Waals surface area (Å²) in [5.41, 5.74) is 2.88. The average Bonchev–Trinajstić information content (AvgIpc) is 2.94. The fourth-order valence-electron chi connectivity index (χ4n) is 2.95. The van der Waals surface area contributed by atoms with Gasteiger partial charge in [-0.3, -0.25) is 4.98 Å². The third-order valence-electron chi connectivity index (χ3n) is 4.07. The van der Waals surface area contributed by atoms with Crippen molar-refractivity contribution in [3.05, 3.63) is 30.6 Å². The summed E-state index contributed by atoms with van der Waals surface area (Å²) in [5.74, 6) is 0.394. The fraction of sp³-hybridized carbons (Fsp3) is 0.533. The molecule has 21 heavy (non-hydrogen) atoms. The molecule has 1 aliphatic heterocycles. The molecule has 6 heteroatoms. The minimum Gasteiger partial charge on any atom is -0.395 e. The normalized spacial score (nSPS) is 19.8. The quantitative estimate of drug-likeness (QED) is 0.910. The molecule has 0 aliphatic carbocycles. The Hall–Kier alpha value is -1.79. The number of aryl methyl sites for hydroxylation is 1. The zero-order valence-electron chi connectivity index (χ0n) is 12.3. The second kappa shape index (κ2) is 6.32. The third kappa shape index (κ3) is 3.11. The molecule has 3 heterocycles. The maximum Gasteiger partial charge on any atom is 0.107 e. The maximum absolute atomic E-state index is 9.10. The molecule has 0 bridgehead atoms. The molecule has 6 nitrogen and oxygen atoms in total. The molecule has 1 unspecified atom stereocenters. The van der Waals surface area contributed by atoms with Crippen molar-refractivity contribution in [1.29, 1.82) is 0 Å². The van der Waals surface area contributed by atoms with Crippen molar-refractivity contribution in [2.75, 3.05) is 26.2 Å². The van der Waals surface area contributed by atoms with E-state index in [0.29, 0.717) is 5.92 Å². The van der Waals surface area contributed by atoms with Gasteiger partial charge in [-0.05, 0) is 19.4 Å². The number of hydrogen-bond acceptors (Lipinski definition) is 5. The summed E-state index contributed by atoms with van der Waals surface area (Å²) in [6.45, 7) is 2.97. The molecule has 2 aromatic heterocycles. The highest BCUT2D eigenvalue weighted by Gasteiger charge is 2.22. The molecule has 1 aliphatic rings. The van der Waals surface area contributed by atoms with Crippen molar-refractivity contribution >= 4 is 0 Å². The van der Waals surface area contributed by atoms with E-state index in [-0.39, 0.29) is 6.61 Å². The monoisotopic (exact) mass is 287 g/mol. The summed E-state index contributed by atoms with van der Waals surface area (Å²) in [6, 6.07) is 0. The van der Waals surface area contributed by atoms with Crippen molar-refractivity contribution in [3.8, 4) is 11.4 Å². The van der Waals surface area contributed by atoms with Crippen LogP contribution in [-0.4, -0.2) is 55.8 Å². The van der Waals surface area contributed by atoms with E-state index < -0.39 is 0 Å². The fourth-order valence-corrected chi connectivity index (χ4v) is 2.95. The zero-order valence-corrected chi connectivity index (χ0v) is 12.3. The molecule has 0 saturated carbocycles. The second-order valence-electron chi connectivity index (χ2n) is 5.58. The van der Waals surface area contributed by atoms with Gasteiger partial charge in [0.05, 0.1) is 36.7 Å². The van der Waals surface area contributed by atoms with Gasteiger partial charge in [-0.25, -0.2) is 9.97 Å². The number of likely N-dealkylation sites (tertiary alicyclic amines) is 1. The number of rotatable bonds is 4. The molecule has 0 aromatic carbocycles. The number of β-amino-alcohol motifs (C(OH)–C–C–N with tert-alkyl or cyclic N) is 1. The molecule has 3 rings (SSSR count). The number of imidazole rings is 1. The largest absolute Gasteiger partial charge is 0.395 e. The first-order valence-corrected chi connectivity index (χ1v) is 7.40. The van der Waals surface area contributed by atoms with E-state index in [1.54, 1.807) is 12.5 Å². The molecule has 0 amide bonds. The van der Waals surface area contributed by atoms with E-state index in [4.69, 9.17) is 10.1 Å². The lowest BCUT2D eigenvalue weighted by molar-refractivity contribution is 0.160. The van der Waals surface area contributed by atoms with E-state index >= 15 is 0 Å². The molecular formula is C15H21N5O. The topological polar surface area (TPSA) is 67.1 Å². The summed E-state index contributed by atoms with van der Waals surface area (Å²) in [6.07, 6.45) is 9.51. The molecule has 0 spiro atoms. The standard InChI is InChI=1S/C15H21N5O/c1-19-11-17-9-15(19)14-8-16-7-13(18-14)12-3-2-4-20(10-12)5-6-21/h7-9,11-12,21H,2-6,10H2,1H3. The number of aliphatic hydroxyl groups excluding tert-OH is 1. The summed E-state index contributed by atoms with van der Waals surface area (Å²) in [5, 5.41) is 9.10. The number of aliphatic hydroxyl groups is 1. The molecule has 1 N–H and O–H groups in total. The summed E-state index contributed by atoms with van der Waals surface area (Å²) in [7, 11) is 1.96. The Labute approximate surface area is 124 Å². The number of nitrogens with zero attached hydrogens (tertiary/aromatic N) is 5. The van der Waals surface area contributed by atoms with Crippen LogP contribution in [0.4, 0.5) is 0 Å². The summed E-state index contributed by atoms with van der Waals surface area (Å²) >= 11 is 0. The van der Waals surface area contributed by atoms with Crippen molar-refractivity contribution in [2.24, 2.45) is 7.05 Å². The van der Waals surface area contributed by atoms with Gasteiger partial charge in [0.25, 0.3) is 0 Å². The predicted octanol–water partition coefficient (Wildman–Crippen LogP) is 1.05. The van der Waals surface area contributed by atoms with E-state index in [1.165, 1.54) is 0 Å². The van der Waals surface area contributed by atoms with E-state index in [2.05, 4.69) is 14.9 Å². The summed E-state index contributed by atoms with van der Waals surface area (Å²) < 4.78 is 1.95. The first-order valence-electron chi connectivity index (χ1n) is 7.40. The van der Waals surface area contributed by atoms with Crippen LogP contribution in [0.25, 0.3) is 11.4 Å². The number of aromatic nitrogens is 4. The summed E-state index contributed by atoms with van der Waals surface area (Å²) in [4.78, 5) is 15.6. The minimum atomic E-state index is 0.216. The zero-order chi connectivity index (χ0) is 14.7. The first-order chi connectivity index (χ1) is 10.3. The van der Waals surface area contributed by atoms with Gasteiger partial charge in [-0.15, -0.1) is 0 Å². The van der Waals surface area contributed by atoms with Crippen LogP contribution in [0.1, 0.15) is 24.5 Å². The van der Waals surface area contributed by atoms with Gasteiger partial charge >= 0.3 is 0 Å². The second-order valence-corrected chi connectivity index (χ2v) is 5.58. The van der Waals surface area contributed by atoms with Gasteiger partial charge in [0.15, 0.2) is 0 Å². The first kappa shape index (κ1) is 14.2. The third-order valence-corrected chi connectivity index (χ3v) is 4.07. The van der Waals surface area contributed by atoms with Crippen molar-refractivity contribution in [2.45, 2.75) is 18.8 Å². The highest BCUT2D eigenvalue weighted by Crippen LogP contribution is 2.26. The molecule has 1 fully saturated rings.